The molecule has 2 rings (SSSR count). The van der Waals surface area contributed by atoms with E-state index in [4.69, 9.17) is 9.72 Å². The molecule has 1 aromatic heterocycles. The number of rotatable bonds is 6. The van der Waals surface area contributed by atoms with Gasteiger partial charge in [-0.25, -0.2) is 9.97 Å². The monoisotopic (exact) mass is 285 g/mol. The number of aryl methyl sites for hydroxylation is 1. The maximum atomic E-state index is 5.19. The van der Waals surface area contributed by atoms with Gasteiger partial charge in [0.15, 0.2) is 5.82 Å². The van der Waals surface area contributed by atoms with Gasteiger partial charge in [0, 0.05) is 23.4 Å². The van der Waals surface area contributed by atoms with Crippen LogP contribution in [0.3, 0.4) is 0 Å². The van der Waals surface area contributed by atoms with Crippen LogP contribution in [-0.2, 0) is 6.42 Å². The number of aromatic nitrogens is 2. The molecule has 0 aliphatic heterocycles. The number of nitrogens with zero attached hydrogens (tertiary/aromatic N) is 2. The van der Waals surface area contributed by atoms with Gasteiger partial charge in [-0.15, -0.1) is 0 Å². The maximum Gasteiger partial charge on any atom is 0.161 e. The topological polar surface area (TPSA) is 47.0 Å². The highest BCUT2D eigenvalue weighted by Gasteiger charge is 2.11. The number of ether oxygens (including phenoxy) is 1. The minimum atomic E-state index is 0.756. The van der Waals surface area contributed by atoms with Crippen LogP contribution in [-0.4, -0.2) is 23.6 Å². The van der Waals surface area contributed by atoms with Gasteiger partial charge in [-0.1, -0.05) is 13.8 Å². The van der Waals surface area contributed by atoms with Crippen LogP contribution in [0, 0.1) is 6.92 Å². The quantitative estimate of drug-likeness (QED) is 0.876. The molecule has 0 spiro atoms. The SMILES string of the molecule is CCCNc1nc(-c2ccc(OC)cc2)nc(C)c1CC. The highest BCUT2D eigenvalue weighted by Crippen LogP contribution is 2.24. The molecule has 0 unspecified atom stereocenters. The summed E-state index contributed by atoms with van der Waals surface area (Å²) in [6, 6.07) is 7.84. The van der Waals surface area contributed by atoms with Crippen LogP contribution < -0.4 is 10.1 Å². The first-order chi connectivity index (χ1) is 10.2. The summed E-state index contributed by atoms with van der Waals surface area (Å²) in [4.78, 5) is 9.35. The molecule has 0 fully saturated rings. The fourth-order valence-electron chi connectivity index (χ4n) is 2.28. The van der Waals surface area contributed by atoms with E-state index >= 15 is 0 Å². The Morgan fingerprint density at radius 2 is 1.81 bits per heavy atom. The summed E-state index contributed by atoms with van der Waals surface area (Å²) in [6.45, 7) is 7.25. The van der Waals surface area contributed by atoms with Gasteiger partial charge >= 0.3 is 0 Å². The van der Waals surface area contributed by atoms with E-state index < -0.39 is 0 Å². The number of hydrogen-bond donors (Lipinski definition) is 1. The third-order valence-corrected chi connectivity index (χ3v) is 3.46. The lowest BCUT2D eigenvalue weighted by atomic mass is 10.1. The molecule has 0 bridgehead atoms. The third kappa shape index (κ3) is 3.51. The zero-order valence-corrected chi connectivity index (χ0v) is 13.2. The van der Waals surface area contributed by atoms with Gasteiger partial charge in [0.1, 0.15) is 11.6 Å². The molecule has 0 amide bonds. The van der Waals surface area contributed by atoms with Gasteiger partial charge in [0.2, 0.25) is 0 Å². The Hall–Kier alpha value is -2.10. The number of benzene rings is 1. The van der Waals surface area contributed by atoms with E-state index in [9.17, 15) is 0 Å². The van der Waals surface area contributed by atoms with E-state index in [1.165, 1.54) is 5.56 Å². The van der Waals surface area contributed by atoms with Crippen molar-refractivity contribution in [3.63, 3.8) is 0 Å². The van der Waals surface area contributed by atoms with E-state index in [0.29, 0.717) is 0 Å². The Balaban J connectivity index is 2.40. The molecule has 0 aliphatic rings. The predicted octanol–water partition coefficient (Wildman–Crippen LogP) is 3.84. The molecule has 4 nitrogen and oxygen atoms in total. The van der Waals surface area contributed by atoms with Crippen molar-refractivity contribution in [2.45, 2.75) is 33.6 Å². The van der Waals surface area contributed by atoms with E-state index in [2.05, 4.69) is 24.1 Å². The molecule has 1 heterocycles. The molecule has 0 atom stereocenters. The molecule has 21 heavy (non-hydrogen) atoms. The Bertz CT molecular complexity index is 594. The van der Waals surface area contributed by atoms with Crippen molar-refractivity contribution in [2.24, 2.45) is 0 Å². The van der Waals surface area contributed by atoms with Crippen LogP contribution in [0.2, 0.25) is 0 Å². The van der Waals surface area contributed by atoms with Crippen LogP contribution in [0.4, 0.5) is 5.82 Å². The molecule has 112 valence electrons. The number of anilines is 1. The highest BCUT2D eigenvalue weighted by atomic mass is 16.5. The van der Waals surface area contributed by atoms with Gasteiger partial charge < -0.3 is 10.1 Å². The van der Waals surface area contributed by atoms with Crippen molar-refractivity contribution < 1.29 is 4.74 Å². The first kappa shape index (κ1) is 15.3. The Kier molecular flexibility index (Phi) is 5.14. The van der Waals surface area contributed by atoms with E-state index in [0.717, 1.165) is 48.0 Å². The molecular formula is C17H23N3O. The first-order valence-electron chi connectivity index (χ1n) is 7.45. The third-order valence-electron chi connectivity index (χ3n) is 3.46. The van der Waals surface area contributed by atoms with Gasteiger partial charge in [0.25, 0.3) is 0 Å². The summed E-state index contributed by atoms with van der Waals surface area (Å²) in [5.41, 5.74) is 3.23. The molecule has 1 N–H and O–H groups in total. The second-order valence-corrected chi connectivity index (χ2v) is 4.97. The summed E-state index contributed by atoms with van der Waals surface area (Å²) in [6.07, 6.45) is 2.00. The van der Waals surface area contributed by atoms with Gasteiger partial charge in [-0.05, 0) is 44.0 Å². The average Bonchev–Trinajstić information content (AvgIpc) is 2.52. The van der Waals surface area contributed by atoms with Crippen LogP contribution >= 0.6 is 0 Å². The van der Waals surface area contributed by atoms with Crippen molar-refractivity contribution in [3.05, 3.63) is 35.5 Å². The van der Waals surface area contributed by atoms with Crippen LogP contribution in [0.5, 0.6) is 5.75 Å². The lowest BCUT2D eigenvalue weighted by molar-refractivity contribution is 0.415. The van der Waals surface area contributed by atoms with E-state index in [1.807, 2.05) is 31.2 Å². The predicted molar refractivity (Wildman–Crippen MR) is 86.9 cm³/mol. The second-order valence-electron chi connectivity index (χ2n) is 4.97. The van der Waals surface area contributed by atoms with Crippen molar-refractivity contribution >= 4 is 5.82 Å². The van der Waals surface area contributed by atoms with E-state index in [-0.39, 0.29) is 0 Å². The molecule has 0 saturated heterocycles. The smallest absolute Gasteiger partial charge is 0.161 e. The van der Waals surface area contributed by atoms with Gasteiger partial charge in [-0.3, -0.25) is 0 Å². The largest absolute Gasteiger partial charge is 0.497 e. The maximum absolute atomic E-state index is 5.19. The normalized spacial score (nSPS) is 10.5. The number of methoxy groups -OCH3 is 1. The van der Waals surface area contributed by atoms with Crippen molar-refractivity contribution in [1.82, 2.24) is 9.97 Å². The van der Waals surface area contributed by atoms with Gasteiger partial charge in [-0.2, -0.15) is 0 Å². The van der Waals surface area contributed by atoms with Crippen molar-refractivity contribution in [2.75, 3.05) is 19.0 Å². The molecular weight excluding hydrogens is 262 g/mol. The highest BCUT2D eigenvalue weighted by molar-refractivity contribution is 5.60. The summed E-state index contributed by atoms with van der Waals surface area (Å²) >= 11 is 0. The lowest BCUT2D eigenvalue weighted by Gasteiger charge is -2.13. The average molecular weight is 285 g/mol. The second kappa shape index (κ2) is 7.07. The molecule has 0 aliphatic carbocycles. The standard InChI is InChI=1S/C17H23N3O/c1-5-11-18-17-15(6-2)12(3)19-16(20-17)13-7-9-14(21-4)10-8-13/h7-10H,5-6,11H2,1-4H3,(H,18,19,20). The zero-order chi connectivity index (χ0) is 15.2. The Labute approximate surface area is 126 Å². The summed E-state index contributed by atoms with van der Waals surface area (Å²) < 4.78 is 5.19. The molecule has 4 heteroatoms. The lowest BCUT2D eigenvalue weighted by Crippen LogP contribution is -2.09. The Morgan fingerprint density at radius 3 is 2.38 bits per heavy atom. The van der Waals surface area contributed by atoms with E-state index in [1.54, 1.807) is 7.11 Å². The summed E-state index contributed by atoms with van der Waals surface area (Å²) in [5.74, 6) is 2.55. The van der Waals surface area contributed by atoms with Crippen molar-refractivity contribution in [1.29, 1.82) is 0 Å². The fraction of sp³-hybridized carbons (Fsp3) is 0.412. The van der Waals surface area contributed by atoms with Gasteiger partial charge in [0.05, 0.1) is 7.11 Å². The zero-order valence-electron chi connectivity index (χ0n) is 13.2. The van der Waals surface area contributed by atoms with Crippen LogP contribution in [0.15, 0.2) is 24.3 Å². The minimum absolute atomic E-state index is 0.756. The van der Waals surface area contributed by atoms with Crippen molar-refractivity contribution in [3.8, 4) is 17.1 Å². The first-order valence-corrected chi connectivity index (χ1v) is 7.45. The van der Waals surface area contributed by atoms with Crippen LogP contribution in [0.1, 0.15) is 31.5 Å². The fourth-order valence-corrected chi connectivity index (χ4v) is 2.28. The molecule has 0 radical (unpaired) electrons. The summed E-state index contributed by atoms with van der Waals surface area (Å²) in [7, 11) is 1.67. The molecule has 1 aromatic carbocycles. The molecule has 0 saturated carbocycles. The summed E-state index contributed by atoms with van der Waals surface area (Å²) in [5, 5.41) is 3.41. The number of nitrogens with one attached hydrogen (secondary N) is 1. The molecule has 2 aromatic rings. The minimum Gasteiger partial charge on any atom is -0.497 e. The Morgan fingerprint density at radius 1 is 1.10 bits per heavy atom. The van der Waals surface area contributed by atoms with Crippen LogP contribution in [0.25, 0.3) is 11.4 Å². The number of hydrogen-bond acceptors (Lipinski definition) is 4.